The number of thioether (sulfide) groups is 1. The number of hydrogen-bond acceptors (Lipinski definition) is 6. The van der Waals surface area contributed by atoms with E-state index in [9.17, 15) is 13.2 Å². The van der Waals surface area contributed by atoms with E-state index in [1.165, 1.54) is 23.9 Å². The molecule has 8 nitrogen and oxygen atoms in total. The summed E-state index contributed by atoms with van der Waals surface area (Å²) in [5, 5.41) is 16.6. The maximum atomic E-state index is 12.3. The maximum Gasteiger partial charge on any atom is 0.238 e. The summed E-state index contributed by atoms with van der Waals surface area (Å²) >= 11 is 1.28. The van der Waals surface area contributed by atoms with Crippen LogP contribution >= 0.6 is 11.8 Å². The smallest absolute Gasteiger partial charge is 0.238 e. The van der Waals surface area contributed by atoms with Gasteiger partial charge in [-0.25, -0.2) is 13.6 Å². The van der Waals surface area contributed by atoms with Gasteiger partial charge in [-0.2, -0.15) is 0 Å². The van der Waals surface area contributed by atoms with Gasteiger partial charge in [0, 0.05) is 5.69 Å². The van der Waals surface area contributed by atoms with E-state index in [1.807, 2.05) is 41.8 Å². The van der Waals surface area contributed by atoms with Gasteiger partial charge < -0.3 is 5.32 Å². The molecule has 28 heavy (non-hydrogen) atoms. The summed E-state index contributed by atoms with van der Waals surface area (Å²) < 4.78 is 24.4. The lowest BCUT2D eigenvalue weighted by molar-refractivity contribution is -0.119. The van der Waals surface area contributed by atoms with Crippen molar-refractivity contribution in [2.24, 2.45) is 5.14 Å². The first-order chi connectivity index (χ1) is 13.3. The average molecular weight is 418 g/mol. The van der Waals surface area contributed by atoms with Gasteiger partial charge in [-0.1, -0.05) is 42.1 Å². The second kappa shape index (κ2) is 8.55. The van der Waals surface area contributed by atoms with E-state index in [1.54, 1.807) is 18.5 Å². The standard InChI is InChI=1S/C18H19N5O3S2/c1-13(14-7-9-16(10-8-14)28(19,25)26)21-17(24)11-27-18-22-20-12-23(18)15-5-3-2-4-6-15/h2-10,12-13H,11H2,1H3,(H,21,24)(H2,19,25,26)/t13-/m0/s1. The Balaban J connectivity index is 1.59. The van der Waals surface area contributed by atoms with E-state index in [0.717, 1.165) is 11.3 Å². The zero-order chi connectivity index (χ0) is 20.1. The molecule has 0 spiro atoms. The molecule has 1 atom stereocenters. The Labute approximate surface area is 167 Å². The molecule has 1 heterocycles. The fraction of sp³-hybridized carbons (Fsp3) is 0.167. The molecule has 1 aromatic heterocycles. The molecule has 0 fully saturated rings. The predicted molar refractivity (Wildman–Crippen MR) is 106 cm³/mol. The van der Waals surface area contributed by atoms with E-state index in [0.29, 0.717) is 5.16 Å². The fourth-order valence-electron chi connectivity index (χ4n) is 2.53. The number of amides is 1. The highest BCUT2D eigenvalue weighted by Gasteiger charge is 2.14. The van der Waals surface area contributed by atoms with Crippen molar-refractivity contribution in [3.8, 4) is 5.69 Å². The first-order valence-corrected chi connectivity index (χ1v) is 10.9. The van der Waals surface area contributed by atoms with Crippen molar-refractivity contribution < 1.29 is 13.2 Å². The highest BCUT2D eigenvalue weighted by atomic mass is 32.2. The van der Waals surface area contributed by atoms with E-state index in [4.69, 9.17) is 5.14 Å². The van der Waals surface area contributed by atoms with Crippen LogP contribution in [0.15, 0.2) is 71.0 Å². The normalized spacial score (nSPS) is 12.5. The molecule has 10 heteroatoms. The molecule has 0 aliphatic rings. The van der Waals surface area contributed by atoms with Gasteiger partial charge >= 0.3 is 0 Å². The molecule has 2 aromatic carbocycles. The molecule has 0 aliphatic carbocycles. The first-order valence-electron chi connectivity index (χ1n) is 8.35. The number of primary sulfonamides is 1. The summed E-state index contributed by atoms with van der Waals surface area (Å²) in [6, 6.07) is 15.4. The van der Waals surface area contributed by atoms with Gasteiger partial charge in [-0.05, 0) is 36.8 Å². The minimum atomic E-state index is -3.73. The molecule has 0 bridgehead atoms. The Morgan fingerprint density at radius 3 is 2.50 bits per heavy atom. The molecule has 3 rings (SSSR count). The largest absolute Gasteiger partial charge is 0.349 e. The van der Waals surface area contributed by atoms with Crippen LogP contribution in [0.2, 0.25) is 0 Å². The van der Waals surface area contributed by atoms with Crippen LogP contribution in [0, 0.1) is 0 Å². The van der Waals surface area contributed by atoms with Crippen molar-refractivity contribution in [2.45, 2.75) is 23.0 Å². The van der Waals surface area contributed by atoms with E-state index in [-0.39, 0.29) is 22.6 Å². The quantitative estimate of drug-likeness (QED) is 0.567. The number of benzene rings is 2. The SMILES string of the molecule is C[C@H](NC(=O)CSc1nncn1-c1ccccc1)c1ccc(S(N)(=O)=O)cc1. The number of para-hydroxylation sites is 1. The highest BCUT2D eigenvalue weighted by molar-refractivity contribution is 7.99. The fourth-order valence-corrected chi connectivity index (χ4v) is 3.79. The van der Waals surface area contributed by atoms with Crippen LogP contribution in [0.3, 0.4) is 0 Å². The number of hydrogen-bond donors (Lipinski definition) is 2. The molecule has 1 amide bonds. The lowest BCUT2D eigenvalue weighted by atomic mass is 10.1. The van der Waals surface area contributed by atoms with Gasteiger partial charge in [-0.15, -0.1) is 10.2 Å². The number of rotatable bonds is 7. The Morgan fingerprint density at radius 2 is 1.86 bits per heavy atom. The molecule has 146 valence electrons. The van der Waals surface area contributed by atoms with Crippen molar-refractivity contribution in [1.82, 2.24) is 20.1 Å². The summed E-state index contributed by atoms with van der Waals surface area (Å²) in [7, 11) is -3.73. The van der Waals surface area contributed by atoms with E-state index in [2.05, 4.69) is 15.5 Å². The Hall–Kier alpha value is -2.69. The second-order valence-corrected chi connectivity index (χ2v) is 8.51. The first kappa shape index (κ1) is 20.1. The van der Waals surface area contributed by atoms with Crippen LogP contribution in [0.1, 0.15) is 18.5 Å². The minimum Gasteiger partial charge on any atom is -0.349 e. The summed E-state index contributed by atoms with van der Waals surface area (Å²) in [4.78, 5) is 12.3. The van der Waals surface area contributed by atoms with Gasteiger partial charge in [0.15, 0.2) is 5.16 Å². The number of nitrogens with one attached hydrogen (secondary N) is 1. The molecule has 0 saturated carbocycles. The van der Waals surface area contributed by atoms with Gasteiger partial charge in [0.1, 0.15) is 6.33 Å². The van der Waals surface area contributed by atoms with Gasteiger partial charge in [0.05, 0.1) is 16.7 Å². The zero-order valence-electron chi connectivity index (χ0n) is 15.0. The number of nitrogens with zero attached hydrogens (tertiary/aromatic N) is 3. The molecule has 3 aromatic rings. The average Bonchev–Trinajstić information content (AvgIpc) is 3.15. The van der Waals surface area contributed by atoms with Crippen LogP contribution in [0.25, 0.3) is 5.69 Å². The van der Waals surface area contributed by atoms with Crippen molar-refractivity contribution >= 4 is 27.7 Å². The van der Waals surface area contributed by atoms with Crippen molar-refractivity contribution in [1.29, 1.82) is 0 Å². The number of carbonyl (C=O) groups is 1. The monoisotopic (exact) mass is 417 g/mol. The third kappa shape index (κ3) is 4.97. The van der Waals surface area contributed by atoms with Crippen molar-refractivity contribution in [3.63, 3.8) is 0 Å². The summed E-state index contributed by atoms with van der Waals surface area (Å²) in [6.45, 7) is 1.82. The summed E-state index contributed by atoms with van der Waals surface area (Å²) in [5.74, 6) is 0.00105. The molecule has 0 radical (unpaired) electrons. The third-order valence-corrected chi connectivity index (χ3v) is 5.84. The Kier molecular flexibility index (Phi) is 6.12. The maximum absolute atomic E-state index is 12.3. The van der Waals surface area contributed by atoms with Crippen molar-refractivity contribution in [3.05, 3.63) is 66.5 Å². The van der Waals surface area contributed by atoms with Crippen LogP contribution in [0.5, 0.6) is 0 Å². The molecule has 0 aliphatic heterocycles. The lowest BCUT2D eigenvalue weighted by Gasteiger charge is -2.14. The number of aromatic nitrogens is 3. The zero-order valence-corrected chi connectivity index (χ0v) is 16.7. The molecule has 3 N–H and O–H groups in total. The van der Waals surface area contributed by atoms with Crippen molar-refractivity contribution in [2.75, 3.05) is 5.75 Å². The molecule has 0 saturated heterocycles. The van der Waals surface area contributed by atoms with E-state index < -0.39 is 10.0 Å². The van der Waals surface area contributed by atoms with Gasteiger partial charge in [0.2, 0.25) is 15.9 Å². The summed E-state index contributed by atoms with van der Waals surface area (Å²) in [6.07, 6.45) is 1.60. The lowest BCUT2D eigenvalue weighted by Crippen LogP contribution is -2.28. The van der Waals surface area contributed by atoms with Crippen LogP contribution < -0.4 is 10.5 Å². The van der Waals surface area contributed by atoms with Gasteiger partial charge in [0.25, 0.3) is 0 Å². The van der Waals surface area contributed by atoms with Crippen LogP contribution in [-0.2, 0) is 14.8 Å². The van der Waals surface area contributed by atoms with E-state index >= 15 is 0 Å². The van der Waals surface area contributed by atoms with Crippen LogP contribution in [0.4, 0.5) is 0 Å². The predicted octanol–water partition coefficient (Wildman–Crippen LogP) is 1.88. The number of carbonyl (C=O) groups excluding carboxylic acids is 1. The highest BCUT2D eigenvalue weighted by Crippen LogP contribution is 2.20. The molecular weight excluding hydrogens is 398 g/mol. The summed E-state index contributed by atoms with van der Waals surface area (Å²) in [5.41, 5.74) is 1.69. The molecular formula is C18H19N5O3S2. The topological polar surface area (TPSA) is 120 Å². The number of nitrogens with two attached hydrogens (primary N) is 1. The van der Waals surface area contributed by atoms with Crippen LogP contribution in [-0.4, -0.2) is 34.8 Å². The molecule has 0 unspecified atom stereocenters. The Morgan fingerprint density at radius 1 is 1.18 bits per heavy atom. The second-order valence-electron chi connectivity index (χ2n) is 6.01. The minimum absolute atomic E-state index is 0.0329. The third-order valence-electron chi connectivity index (χ3n) is 3.97. The van der Waals surface area contributed by atoms with Gasteiger partial charge in [-0.3, -0.25) is 9.36 Å². The Bertz CT molecular complexity index is 1050. The number of sulfonamides is 1.